The largest absolute Gasteiger partial charge is 0.351 e. The summed E-state index contributed by atoms with van der Waals surface area (Å²) in [5.41, 5.74) is 5.09. The number of hydrogen-bond donors (Lipinski definition) is 0. The van der Waals surface area contributed by atoms with Crippen molar-refractivity contribution in [2.75, 3.05) is 0 Å². The summed E-state index contributed by atoms with van der Waals surface area (Å²) in [4.78, 5) is 8.06. The predicted molar refractivity (Wildman–Crippen MR) is 69.5 cm³/mol. The molecule has 0 unspecified atom stereocenters. The molecule has 1 aromatic carbocycles. The van der Waals surface area contributed by atoms with E-state index in [0.717, 1.165) is 11.1 Å². The summed E-state index contributed by atoms with van der Waals surface area (Å²) in [6.45, 7) is 4.09. The molecule has 0 radical (unpaired) electrons. The molecule has 0 bridgehead atoms. The van der Waals surface area contributed by atoms with Gasteiger partial charge in [0.15, 0.2) is 5.15 Å². The second-order valence-electron chi connectivity index (χ2n) is 4.19. The molecule has 5 heteroatoms. The summed E-state index contributed by atoms with van der Waals surface area (Å²) in [6, 6.07) is 6.14. The van der Waals surface area contributed by atoms with Crippen LogP contribution in [-0.4, -0.2) is 15.1 Å². The second kappa shape index (κ2) is 4.07. The molecule has 2 aromatic heterocycles. The zero-order valence-corrected chi connectivity index (χ0v) is 10.7. The molecule has 0 aliphatic rings. The Morgan fingerprint density at radius 2 is 2.00 bits per heavy atom. The van der Waals surface area contributed by atoms with Gasteiger partial charge in [0, 0.05) is 5.56 Å². The van der Waals surface area contributed by atoms with Crippen molar-refractivity contribution in [1.29, 1.82) is 0 Å². The fourth-order valence-electron chi connectivity index (χ4n) is 1.99. The fourth-order valence-corrected chi connectivity index (χ4v) is 2.16. The highest BCUT2D eigenvalue weighted by molar-refractivity contribution is 6.33. The van der Waals surface area contributed by atoms with E-state index in [-0.39, 0.29) is 5.15 Å². The summed E-state index contributed by atoms with van der Waals surface area (Å²) in [5.74, 6) is 0. The third kappa shape index (κ3) is 1.66. The number of hydrogen-bond acceptors (Lipinski definition) is 4. The van der Waals surface area contributed by atoms with Crippen molar-refractivity contribution in [2.24, 2.45) is 0 Å². The lowest BCUT2D eigenvalue weighted by atomic mass is 10.0. The van der Waals surface area contributed by atoms with Crippen molar-refractivity contribution < 1.29 is 4.52 Å². The average molecular weight is 260 g/mol. The van der Waals surface area contributed by atoms with Crippen LogP contribution in [0.2, 0.25) is 5.15 Å². The van der Waals surface area contributed by atoms with Crippen molar-refractivity contribution in [3.63, 3.8) is 0 Å². The van der Waals surface area contributed by atoms with Crippen molar-refractivity contribution in [2.45, 2.75) is 13.8 Å². The summed E-state index contributed by atoms with van der Waals surface area (Å²) >= 11 is 5.94. The molecule has 4 nitrogen and oxygen atoms in total. The third-order valence-corrected chi connectivity index (χ3v) is 3.12. The van der Waals surface area contributed by atoms with Crippen LogP contribution in [0.25, 0.3) is 22.4 Å². The Morgan fingerprint density at radius 3 is 2.78 bits per heavy atom. The average Bonchev–Trinajstić information content (AvgIpc) is 2.74. The molecule has 18 heavy (non-hydrogen) atoms. The quantitative estimate of drug-likeness (QED) is 0.627. The lowest BCUT2D eigenvalue weighted by Gasteiger charge is -2.03. The van der Waals surface area contributed by atoms with Crippen LogP contribution in [0, 0.1) is 13.8 Å². The first-order valence-corrected chi connectivity index (χ1v) is 5.88. The van der Waals surface area contributed by atoms with E-state index in [4.69, 9.17) is 16.1 Å². The number of fused-ring (bicyclic) bond motifs is 1. The highest BCUT2D eigenvalue weighted by atomic mass is 35.5. The molecule has 3 rings (SSSR count). The van der Waals surface area contributed by atoms with E-state index < -0.39 is 0 Å². The summed E-state index contributed by atoms with van der Waals surface area (Å²) < 4.78 is 5.21. The first-order valence-electron chi connectivity index (χ1n) is 5.50. The number of aromatic nitrogens is 3. The predicted octanol–water partition coefficient (Wildman–Crippen LogP) is 3.56. The molecule has 0 saturated carbocycles. The maximum absolute atomic E-state index is 5.94. The van der Waals surface area contributed by atoms with E-state index in [1.54, 1.807) is 0 Å². The SMILES string of the molecule is Cc1ccc(-c2noc3c(Cl)ncnc23)c(C)c1. The van der Waals surface area contributed by atoms with Gasteiger partial charge in [-0.2, -0.15) is 0 Å². The van der Waals surface area contributed by atoms with Gasteiger partial charge in [0.25, 0.3) is 0 Å². The van der Waals surface area contributed by atoms with Gasteiger partial charge in [-0.05, 0) is 19.4 Å². The van der Waals surface area contributed by atoms with E-state index in [0.29, 0.717) is 16.8 Å². The minimum absolute atomic E-state index is 0.281. The molecule has 90 valence electrons. The molecule has 0 atom stereocenters. The molecule has 0 spiro atoms. The highest BCUT2D eigenvalue weighted by Crippen LogP contribution is 2.31. The third-order valence-electron chi connectivity index (χ3n) is 2.85. The van der Waals surface area contributed by atoms with Crippen molar-refractivity contribution in [1.82, 2.24) is 15.1 Å². The monoisotopic (exact) mass is 259 g/mol. The number of halogens is 1. The summed E-state index contributed by atoms with van der Waals surface area (Å²) in [6.07, 6.45) is 1.41. The summed E-state index contributed by atoms with van der Waals surface area (Å²) in [7, 11) is 0. The van der Waals surface area contributed by atoms with E-state index in [9.17, 15) is 0 Å². The van der Waals surface area contributed by atoms with Crippen molar-refractivity contribution in [3.05, 3.63) is 40.8 Å². The molecule has 0 fully saturated rings. The second-order valence-corrected chi connectivity index (χ2v) is 4.55. The van der Waals surface area contributed by atoms with Gasteiger partial charge in [0.05, 0.1) is 0 Å². The van der Waals surface area contributed by atoms with Crippen LogP contribution in [-0.2, 0) is 0 Å². The maximum Gasteiger partial charge on any atom is 0.223 e. The maximum atomic E-state index is 5.94. The van der Waals surface area contributed by atoms with Crippen LogP contribution in [0.5, 0.6) is 0 Å². The first kappa shape index (κ1) is 11.2. The van der Waals surface area contributed by atoms with Gasteiger partial charge in [-0.15, -0.1) is 0 Å². The molecule has 0 saturated heterocycles. The van der Waals surface area contributed by atoms with Crippen molar-refractivity contribution in [3.8, 4) is 11.3 Å². The Bertz CT molecular complexity index is 736. The zero-order chi connectivity index (χ0) is 12.7. The van der Waals surface area contributed by atoms with Crippen LogP contribution >= 0.6 is 11.6 Å². The lowest BCUT2D eigenvalue weighted by molar-refractivity contribution is 0.458. The standard InChI is InChI=1S/C13H10ClN3O/c1-7-3-4-9(8(2)5-7)10-11-12(18-17-10)13(14)16-6-15-11/h3-6H,1-2H3. The Hall–Kier alpha value is -1.94. The smallest absolute Gasteiger partial charge is 0.223 e. The molecule has 0 N–H and O–H groups in total. The Balaban J connectivity index is 2.29. The zero-order valence-electron chi connectivity index (χ0n) is 9.94. The Labute approximate surface area is 109 Å². The number of benzene rings is 1. The van der Waals surface area contributed by atoms with Gasteiger partial charge in [0.2, 0.25) is 5.58 Å². The molecule has 0 aliphatic carbocycles. The number of nitrogens with zero attached hydrogens (tertiary/aromatic N) is 3. The minimum atomic E-state index is 0.281. The van der Waals surface area contributed by atoms with E-state index >= 15 is 0 Å². The molecule has 0 amide bonds. The molecule has 0 aliphatic heterocycles. The van der Waals surface area contributed by atoms with Crippen LogP contribution < -0.4 is 0 Å². The van der Waals surface area contributed by atoms with E-state index in [1.807, 2.05) is 19.1 Å². The molecular weight excluding hydrogens is 250 g/mol. The highest BCUT2D eigenvalue weighted by Gasteiger charge is 2.16. The van der Waals surface area contributed by atoms with E-state index in [2.05, 4.69) is 28.1 Å². The Kier molecular flexibility index (Phi) is 2.52. The van der Waals surface area contributed by atoms with Gasteiger partial charge < -0.3 is 4.52 Å². The number of rotatable bonds is 1. The van der Waals surface area contributed by atoms with Crippen LogP contribution in [0.15, 0.2) is 29.0 Å². The van der Waals surface area contributed by atoms with Crippen molar-refractivity contribution >= 4 is 22.7 Å². The summed E-state index contributed by atoms with van der Waals surface area (Å²) in [5, 5.41) is 4.34. The molecule has 2 heterocycles. The fraction of sp³-hybridized carbons (Fsp3) is 0.154. The molecule has 3 aromatic rings. The Morgan fingerprint density at radius 1 is 1.17 bits per heavy atom. The van der Waals surface area contributed by atoms with Gasteiger partial charge in [-0.1, -0.05) is 40.5 Å². The van der Waals surface area contributed by atoms with Crippen LogP contribution in [0.4, 0.5) is 0 Å². The number of aryl methyl sites for hydroxylation is 2. The first-order chi connectivity index (χ1) is 8.66. The topological polar surface area (TPSA) is 51.8 Å². The molecular formula is C13H10ClN3O. The van der Waals surface area contributed by atoms with Gasteiger partial charge in [-0.3, -0.25) is 0 Å². The van der Waals surface area contributed by atoms with Gasteiger partial charge >= 0.3 is 0 Å². The van der Waals surface area contributed by atoms with Gasteiger partial charge in [-0.25, -0.2) is 9.97 Å². The van der Waals surface area contributed by atoms with Crippen LogP contribution in [0.3, 0.4) is 0 Å². The minimum Gasteiger partial charge on any atom is -0.351 e. The lowest BCUT2D eigenvalue weighted by Crippen LogP contribution is -1.87. The normalized spacial score (nSPS) is 11.1. The van der Waals surface area contributed by atoms with Crippen LogP contribution in [0.1, 0.15) is 11.1 Å². The van der Waals surface area contributed by atoms with Gasteiger partial charge in [0.1, 0.15) is 17.5 Å². The van der Waals surface area contributed by atoms with E-state index in [1.165, 1.54) is 11.9 Å².